The van der Waals surface area contributed by atoms with Crippen LogP contribution < -0.4 is 10.5 Å². The summed E-state index contributed by atoms with van der Waals surface area (Å²) in [6.07, 6.45) is 0.648. The van der Waals surface area contributed by atoms with E-state index in [9.17, 15) is 5.11 Å². The zero-order valence-electron chi connectivity index (χ0n) is 12.7. The molecule has 0 aliphatic heterocycles. The number of nitrogens with two attached hydrogens (primary N) is 1. The fourth-order valence-corrected chi connectivity index (χ4v) is 2.86. The maximum atomic E-state index is 10.1. The SMILES string of the molecule is COc1ccccc1CC(CN)(CO)c1ccccc1C. The van der Waals surface area contributed by atoms with Crippen LogP contribution in [-0.2, 0) is 11.8 Å². The predicted octanol–water partition coefficient (Wildman–Crippen LogP) is 2.44. The van der Waals surface area contributed by atoms with Gasteiger partial charge in [-0.3, -0.25) is 0 Å². The summed E-state index contributed by atoms with van der Waals surface area (Å²) in [7, 11) is 1.66. The molecule has 1 atom stereocenters. The number of aryl methyl sites for hydroxylation is 1. The van der Waals surface area contributed by atoms with E-state index in [0.29, 0.717) is 13.0 Å². The Morgan fingerprint density at radius 3 is 2.38 bits per heavy atom. The summed E-state index contributed by atoms with van der Waals surface area (Å²) < 4.78 is 5.42. The first-order chi connectivity index (χ1) is 10.2. The van der Waals surface area contributed by atoms with E-state index in [1.807, 2.05) is 42.5 Å². The molecule has 3 heteroatoms. The van der Waals surface area contributed by atoms with Crippen LogP contribution in [0.15, 0.2) is 48.5 Å². The van der Waals surface area contributed by atoms with E-state index in [1.54, 1.807) is 7.11 Å². The minimum Gasteiger partial charge on any atom is -0.496 e. The molecule has 0 fully saturated rings. The van der Waals surface area contributed by atoms with Gasteiger partial charge < -0.3 is 15.6 Å². The van der Waals surface area contributed by atoms with E-state index in [-0.39, 0.29) is 6.61 Å². The standard InChI is InChI=1S/C18H23NO2/c1-14-7-3-5-9-16(14)18(12-19,13-20)11-15-8-4-6-10-17(15)21-2/h3-10,20H,11-13,19H2,1-2H3. The zero-order valence-corrected chi connectivity index (χ0v) is 12.7. The maximum Gasteiger partial charge on any atom is 0.122 e. The minimum atomic E-state index is -0.486. The topological polar surface area (TPSA) is 55.5 Å². The summed E-state index contributed by atoms with van der Waals surface area (Å²) in [4.78, 5) is 0. The first kappa shape index (κ1) is 15.5. The van der Waals surface area contributed by atoms with Gasteiger partial charge in [0.15, 0.2) is 0 Å². The van der Waals surface area contributed by atoms with Crippen molar-refractivity contribution in [2.75, 3.05) is 20.3 Å². The number of hydrogen-bond acceptors (Lipinski definition) is 3. The average Bonchev–Trinajstić information content (AvgIpc) is 2.54. The lowest BCUT2D eigenvalue weighted by atomic mass is 9.74. The summed E-state index contributed by atoms with van der Waals surface area (Å²) >= 11 is 0. The summed E-state index contributed by atoms with van der Waals surface area (Å²) in [5.74, 6) is 0.831. The lowest BCUT2D eigenvalue weighted by Gasteiger charge is -2.33. The Morgan fingerprint density at radius 2 is 1.76 bits per heavy atom. The molecule has 0 aliphatic carbocycles. The Balaban J connectivity index is 2.46. The van der Waals surface area contributed by atoms with Crippen molar-refractivity contribution in [1.82, 2.24) is 0 Å². The smallest absolute Gasteiger partial charge is 0.122 e. The first-order valence-electron chi connectivity index (χ1n) is 7.16. The van der Waals surface area contributed by atoms with Crippen LogP contribution in [0.1, 0.15) is 16.7 Å². The van der Waals surface area contributed by atoms with Gasteiger partial charge in [0.05, 0.1) is 13.7 Å². The van der Waals surface area contributed by atoms with Crippen LogP contribution in [0.3, 0.4) is 0 Å². The van der Waals surface area contributed by atoms with Gasteiger partial charge in [-0.25, -0.2) is 0 Å². The highest BCUT2D eigenvalue weighted by atomic mass is 16.5. The summed E-state index contributed by atoms with van der Waals surface area (Å²) in [6.45, 7) is 2.44. The molecule has 2 aromatic carbocycles. The van der Waals surface area contributed by atoms with Gasteiger partial charge in [-0.05, 0) is 36.1 Å². The van der Waals surface area contributed by atoms with Crippen molar-refractivity contribution in [2.45, 2.75) is 18.8 Å². The molecule has 1 unspecified atom stereocenters. The summed E-state index contributed by atoms with van der Waals surface area (Å²) in [6, 6.07) is 16.0. The summed E-state index contributed by atoms with van der Waals surface area (Å²) in [5, 5.41) is 10.1. The molecule has 0 aromatic heterocycles. The quantitative estimate of drug-likeness (QED) is 0.857. The highest BCUT2D eigenvalue weighted by Crippen LogP contribution is 2.32. The summed E-state index contributed by atoms with van der Waals surface area (Å²) in [5.41, 5.74) is 8.87. The molecule has 2 rings (SSSR count). The number of rotatable bonds is 6. The molecule has 21 heavy (non-hydrogen) atoms. The number of aliphatic hydroxyl groups is 1. The minimum absolute atomic E-state index is 0.00635. The maximum absolute atomic E-state index is 10.1. The Kier molecular flexibility index (Phi) is 4.99. The van der Waals surface area contributed by atoms with Crippen LogP contribution in [0.5, 0.6) is 5.75 Å². The van der Waals surface area contributed by atoms with Gasteiger partial charge in [-0.2, -0.15) is 0 Å². The third-order valence-electron chi connectivity index (χ3n) is 4.13. The molecule has 3 nitrogen and oxygen atoms in total. The highest BCUT2D eigenvalue weighted by molar-refractivity contribution is 5.40. The van der Waals surface area contributed by atoms with E-state index < -0.39 is 5.41 Å². The Morgan fingerprint density at radius 1 is 1.10 bits per heavy atom. The van der Waals surface area contributed by atoms with E-state index >= 15 is 0 Å². The van der Waals surface area contributed by atoms with Crippen molar-refractivity contribution in [3.63, 3.8) is 0 Å². The Hall–Kier alpha value is -1.84. The lowest BCUT2D eigenvalue weighted by Crippen LogP contribution is -2.41. The van der Waals surface area contributed by atoms with Crippen molar-refractivity contribution in [3.05, 3.63) is 65.2 Å². The van der Waals surface area contributed by atoms with Crippen molar-refractivity contribution >= 4 is 0 Å². The zero-order chi connectivity index (χ0) is 15.3. The number of benzene rings is 2. The molecule has 0 saturated heterocycles. The highest BCUT2D eigenvalue weighted by Gasteiger charge is 2.32. The fraction of sp³-hybridized carbons (Fsp3) is 0.333. The van der Waals surface area contributed by atoms with Crippen LogP contribution >= 0.6 is 0 Å². The second-order valence-electron chi connectivity index (χ2n) is 5.45. The van der Waals surface area contributed by atoms with Crippen LogP contribution in [0.2, 0.25) is 0 Å². The number of ether oxygens (including phenoxy) is 1. The number of aliphatic hydroxyl groups excluding tert-OH is 1. The van der Waals surface area contributed by atoms with Gasteiger partial charge in [0, 0.05) is 12.0 Å². The van der Waals surface area contributed by atoms with E-state index in [4.69, 9.17) is 10.5 Å². The Labute approximate surface area is 126 Å². The second-order valence-corrected chi connectivity index (χ2v) is 5.45. The van der Waals surface area contributed by atoms with Gasteiger partial charge in [0.1, 0.15) is 5.75 Å². The van der Waals surface area contributed by atoms with Gasteiger partial charge >= 0.3 is 0 Å². The average molecular weight is 285 g/mol. The molecule has 0 saturated carbocycles. The van der Waals surface area contributed by atoms with Gasteiger partial charge in [0.2, 0.25) is 0 Å². The molecule has 112 valence electrons. The number of para-hydroxylation sites is 1. The van der Waals surface area contributed by atoms with Crippen molar-refractivity contribution in [1.29, 1.82) is 0 Å². The van der Waals surface area contributed by atoms with Gasteiger partial charge in [0.25, 0.3) is 0 Å². The molecule has 3 N–H and O–H groups in total. The fourth-order valence-electron chi connectivity index (χ4n) is 2.86. The second kappa shape index (κ2) is 6.74. The first-order valence-corrected chi connectivity index (χ1v) is 7.16. The normalized spacial score (nSPS) is 13.7. The van der Waals surface area contributed by atoms with Crippen molar-refractivity contribution < 1.29 is 9.84 Å². The van der Waals surface area contributed by atoms with Crippen LogP contribution in [0.4, 0.5) is 0 Å². The van der Waals surface area contributed by atoms with Crippen LogP contribution in [0, 0.1) is 6.92 Å². The third kappa shape index (κ3) is 3.09. The lowest BCUT2D eigenvalue weighted by molar-refractivity contribution is 0.194. The monoisotopic (exact) mass is 285 g/mol. The molecule has 0 aliphatic rings. The molecule has 0 radical (unpaired) electrons. The van der Waals surface area contributed by atoms with E-state index in [2.05, 4.69) is 13.0 Å². The molecule has 0 spiro atoms. The van der Waals surface area contributed by atoms with Gasteiger partial charge in [-0.1, -0.05) is 42.5 Å². The molecule has 0 amide bonds. The van der Waals surface area contributed by atoms with Crippen molar-refractivity contribution in [2.24, 2.45) is 5.73 Å². The third-order valence-corrected chi connectivity index (χ3v) is 4.13. The van der Waals surface area contributed by atoms with Crippen LogP contribution in [-0.4, -0.2) is 25.4 Å². The van der Waals surface area contributed by atoms with E-state index in [1.165, 1.54) is 0 Å². The Bertz CT molecular complexity index is 591. The van der Waals surface area contributed by atoms with Crippen LogP contribution in [0.25, 0.3) is 0 Å². The number of hydrogen-bond donors (Lipinski definition) is 2. The number of methoxy groups -OCH3 is 1. The van der Waals surface area contributed by atoms with E-state index in [0.717, 1.165) is 22.4 Å². The molecule has 0 heterocycles. The predicted molar refractivity (Wildman–Crippen MR) is 85.7 cm³/mol. The largest absolute Gasteiger partial charge is 0.496 e. The molecule has 2 aromatic rings. The van der Waals surface area contributed by atoms with Crippen molar-refractivity contribution in [3.8, 4) is 5.75 Å². The molecule has 0 bridgehead atoms. The van der Waals surface area contributed by atoms with Gasteiger partial charge in [-0.15, -0.1) is 0 Å². The molecular weight excluding hydrogens is 262 g/mol. The molecular formula is C18H23NO2.